The zero-order valence-corrected chi connectivity index (χ0v) is 15.5. The molecule has 0 saturated carbocycles. The first kappa shape index (κ1) is 18.3. The van der Waals surface area contributed by atoms with Crippen molar-refractivity contribution in [1.82, 2.24) is 10.2 Å². The Bertz CT molecular complexity index is 712. The number of ether oxygens (including phenoxy) is 1. The first-order chi connectivity index (χ1) is 12.7. The molecule has 1 fully saturated rings. The lowest BCUT2D eigenvalue weighted by atomic mass is 10.1. The Kier molecular flexibility index (Phi) is 6.12. The number of amides is 1. The van der Waals surface area contributed by atoms with Crippen LogP contribution in [0.5, 0.6) is 5.75 Å². The number of hydrogen-bond acceptors (Lipinski definition) is 4. The molecular formula is C21H27N3O2. The van der Waals surface area contributed by atoms with Crippen LogP contribution in [-0.4, -0.2) is 50.1 Å². The molecule has 0 radical (unpaired) electrons. The average molecular weight is 353 g/mol. The van der Waals surface area contributed by atoms with E-state index in [-0.39, 0.29) is 11.9 Å². The molecular weight excluding hydrogens is 326 g/mol. The van der Waals surface area contributed by atoms with Crippen LogP contribution in [0.15, 0.2) is 54.6 Å². The van der Waals surface area contributed by atoms with E-state index >= 15 is 0 Å². The molecule has 2 aromatic carbocycles. The van der Waals surface area contributed by atoms with Gasteiger partial charge in [-0.1, -0.05) is 42.5 Å². The van der Waals surface area contributed by atoms with Crippen LogP contribution in [0.4, 0.5) is 5.69 Å². The smallest absolute Gasteiger partial charge is 0.237 e. The van der Waals surface area contributed by atoms with Crippen molar-refractivity contribution in [3.05, 3.63) is 60.2 Å². The van der Waals surface area contributed by atoms with Gasteiger partial charge < -0.3 is 15.0 Å². The Balaban J connectivity index is 1.51. The molecule has 1 aliphatic rings. The Morgan fingerprint density at radius 2 is 1.69 bits per heavy atom. The third-order valence-corrected chi connectivity index (χ3v) is 4.98. The van der Waals surface area contributed by atoms with Crippen LogP contribution in [-0.2, 0) is 11.3 Å². The van der Waals surface area contributed by atoms with E-state index in [1.807, 2.05) is 55.5 Å². The molecule has 0 bridgehead atoms. The van der Waals surface area contributed by atoms with Crippen molar-refractivity contribution in [2.45, 2.75) is 19.5 Å². The SMILES string of the molecule is COc1ccccc1N1CCN(C(C)C(=O)NCc2ccccc2)CC1. The first-order valence-electron chi connectivity index (χ1n) is 9.12. The highest BCUT2D eigenvalue weighted by atomic mass is 16.5. The fourth-order valence-corrected chi connectivity index (χ4v) is 3.34. The minimum atomic E-state index is -0.126. The summed E-state index contributed by atoms with van der Waals surface area (Å²) in [6.07, 6.45) is 0. The lowest BCUT2D eigenvalue weighted by Gasteiger charge is -2.38. The highest BCUT2D eigenvalue weighted by Gasteiger charge is 2.26. The summed E-state index contributed by atoms with van der Waals surface area (Å²) in [6.45, 7) is 6.05. The van der Waals surface area contributed by atoms with Gasteiger partial charge in [-0.25, -0.2) is 0 Å². The number of nitrogens with zero attached hydrogens (tertiary/aromatic N) is 2. The Morgan fingerprint density at radius 3 is 2.38 bits per heavy atom. The van der Waals surface area contributed by atoms with Gasteiger partial charge in [0.05, 0.1) is 18.8 Å². The number of piperazine rings is 1. The molecule has 1 atom stereocenters. The molecule has 138 valence electrons. The Labute approximate surface area is 155 Å². The number of anilines is 1. The highest BCUT2D eigenvalue weighted by Crippen LogP contribution is 2.28. The molecule has 0 spiro atoms. The molecule has 0 aromatic heterocycles. The molecule has 1 unspecified atom stereocenters. The van der Waals surface area contributed by atoms with E-state index in [2.05, 4.69) is 21.2 Å². The van der Waals surface area contributed by atoms with Crippen LogP contribution >= 0.6 is 0 Å². The topological polar surface area (TPSA) is 44.8 Å². The Hall–Kier alpha value is -2.53. The monoisotopic (exact) mass is 353 g/mol. The van der Waals surface area contributed by atoms with Crippen molar-refractivity contribution < 1.29 is 9.53 Å². The Morgan fingerprint density at radius 1 is 1.04 bits per heavy atom. The maximum absolute atomic E-state index is 12.5. The van der Waals surface area contributed by atoms with Crippen LogP contribution in [0.25, 0.3) is 0 Å². The molecule has 1 heterocycles. The van der Waals surface area contributed by atoms with Gasteiger partial charge in [0.25, 0.3) is 0 Å². The number of para-hydroxylation sites is 2. The van der Waals surface area contributed by atoms with Gasteiger partial charge in [0.15, 0.2) is 0 Å². The summed E-state index contributed by atoms with van der Waals surface area (Å²) in [7, 11) is 1.70. The largest absolute Gasteiger partial charge is 0.495 e. The minimum absolute atomic E-state index is 0.0830. The van der Waals surface area contributed by atoms with Crippen molar-refractivity contribution >= 4 is 11.6 Å². The predicted octanol–water partition coefficient (Wildman–Crippen LogP) is 2.52. The molecule has 3 rings (SSSR count). The number of methoxy groups -OCH3 is 1. The molecule has 5 nitrogen and oxygen atoms in total. The summed E-state index contributed by atoms with van der Waals surface area (Å²) in [6, 6.07) is 18.0. The van der Waals surface area contributed by atoms with Crippen LogP contribution in [0.1, 0.15) is 12.5 Å². The van der Waals surface area contributed by atoms with Gasteiger partial charge in [0.1, 0.15) is 5.75 Å². The van der Waals surface area contributed by atoms with Gasteiger partial charge in [-0.15, -0.1) is 0 Å². The van der Waals surface area contributed by atoms with Gasteiger partial charge >= 0.3 is 0 Å². The quantitative estimate of drug-likeness (QED) is 0.867. The third-order valence-electron chi connectivity index (χ3n) is 4.98. The van der Waals surface area contributed by atoms with Gasteiger partial charge in [0, 0.05) is 32.7 Å². The lowest BCUT2D eigenvalue weighted by Crippen LogP contribution is -2.53. The zero-order chi connectivity index (χ0) is 18.4. The number of nitrogens with one attached hydrogen (secondary N) is 1. The maximum atomic E-state index is 12.5. The molecule has 1 aliphatic heterocycles. The second-order valence-electron chi connectivity index (χ2n) is 6.57. The molecule has 1 amide bonds. The zero-order valence-electron chi connectivity index (χ0n) is 15.5. The second-order valence-corrected chi connectivity index (χ2v) is 6.57. The van der Waals surface area contributed by atoms with Crippen LogP contribution < -0.4 is 15.0 Å². The van der Waals surface area contributed by atoms with Crippen molar-refractivity contribution in [1.29, 1.82) is 0 Å². The summed E-state index contributed by atoms with van der Waals surface area (Å²) >= 11 is 0. The van der Waals surface area contributed by atoms with Gasteiger partial charge in [-0.05, 0) is 24.6 Å². The van der Waals surface area contributed by atoms with Gasteiger partial charge in [-0.2, -0.15) is 0 Å². The number of rotatable bonds is 6. The summed E-state index contributed by atoms with van der Waals surface area (Å²) < 4.78 is 5.47. The van der Waals surface area contributed by atoms with Crippen LogP contribution in [0.3, 0.4) is 0 Å². The number of benzene rings is 2. The van der Waals surface area contributed by atoms with E-state index in [9.17, 15) is 4.79 Å². The molecule has 5 heteroatoms. The van der Waals surface area contributed by atoms with Gasteiger partial charge in [-0.3, -0.25) is 9.69 Å². The van der Waals surface area contributed by atoms with E-state index in [1.54, 1.807) is 7.11 Å². The standard InChI is InChI=1S/C21H27N3O2/c1-17(21(25)22-16-18-8-4-3-5-9-18)23-12-14-24(15-13-23)19-10-6-7-11-20(19)26-2/h3-11,17H,12-16H2,1-2H3,(H,22,25). The van der Waals surface area contributed by atoms with E-state index in [1.165, 1.54) is 0 Å². The molecule has 1 saturated heterocycles. The van der Waals surface area contributed by atoms with E-state index in [0.717, 1.165) is 43.2 Å². The van der Waals surface area contributed by atoms with Crippen molar-refractivity contribution in [3.8, 4) is 5.75 Å². The van der Waals surface area contributed by atoms with Crippen molar-refractivity contribution in [2.75, 3.05) is 38.2 Å². The van der Waals surface area contributed by atoms with Crippen molar-refractivity contribution in [2.24, 2.45) is 0 Å². The molecule has 0 aliphatic carbocycles. The van der Waals surface area contributed by atoms with E-state index in [4.69, 9.17) is 4.74 Å². The summed E-state index contributed by atoms with van der Waals surface area (Å²) in [5.41, 5.74) is 2.24. The summed E-state index contributed by atoms with van der Waals surface area (Å²) in [5, 5.41) is 3.04. The van der Waals surface area contributed by atoms with Crippen molar-refractivity contribution in [3.63, 3.8) is 0 Å². The van der Waals surface area contributed by atoms with E-state index in [0.29, 0.717) is 6.54 Å². The number of hydrogen-bond donors (Lipinski definition) is 1. The van der Waals surface area contributed by atoms with Crippen LogP contribution in [0, 0.1) is 0 Å². The number of carbonyl (C=O) groups is 1. The normalized spacial score (nSPS) is 16.2. The third kappa shape index (κ3) is 4.35. The lowest BCUT2D eigenvalue weighted by molar-refractivity contribution is -0.126. The summed E-state index contributed by atoms with van der Waals surface area (Å²) in [4.78, 5) is 17.0. The van der Waals surface area contributed by atoms with Gasteiger partial charge in [0.2, 0.25) is 5.91 Å². The fourth-order valence-electron chi connectivity index (χ4n) is 3.34. The highest BCUT2D eigenvalue weighted by molar-refractivity contribution is 5.81. The first-order valence-corrected chi connectivity index (χ1v) is 9.12. The maximum Gasteiger partial charge on any atom is 0.237 e. The average Bonchev–Trinajstić information content (AvgIpc) is 2.72. The molecule has 1 N–H and O–H groups in total. The van der Waals surface area contributed by atoms with E-state index < -0.39 is 0 Å². The fraction of sp³-hybridized carbons (Fsp3) is 0.381. The molecule has 26 heavy (non-hydrogen) atoms. The minimum Gasteiger partial charge on any atom is -0.495 e. The van der Waals surface area contributed by atoms with Crippen LogP contribution in [0.2, 0.25) is 0 Å². The molecule has 2 aromatic rings. The summed E-state index contributed by atoms with van der Waals surface area (Å²) in [5.74, 6) is 0.981. The number of carbonyl (C=O) groups excluding carboxylic acids is 1. The second kappa shape index (κ2) is 8.72. The predicted molar refractivity (Wildman–Crippen MR) is 105 cm³/mol.